The molecule has 6 heteroatoms. The molecule has 0 heterocycles. The molecular formula is C23H24N2O3S. The molecule has 0 aliphatic carbocycles. The molecule has 0 spiro atoms. The first kappa shape index (κ1) is 20.6. The van der Waals surface area contributed by atoms with E-state index in [0.29, 0.717) is 11.3 Å². The van der Waals surface area contributed by atoms with Crippen LogP contribution in [0.15, 0.2) is 83.8 Å². The maximum absolute atomic E-state index is 13.0. The Morgan fingerprint density at radius 2 is 1.48 bits per heavy atom. The van der Waals surface area contributed by atoms with Crippen molar-refractivity contribution in [3.63, 3.8) is 0 Å². The fourth-order valence-corrected chi connectivity index (χ4v) is 4.27. The summed E-state index contributed by atoms with van der Waals surface area (Å²) in [5, 5.41) is 2.96. The molecule has 29 heavy (non-hydrogen) atoms. The Morgan fingerprint density at radius 3 is 2.14 bits per heavy atom. The normalized spacial score (nSPS) is 12.2. The summed E-state index contributed by atoms with van der Waals surface area (Å²) in [7, 11) is -2.32. The average molecular weight is 409 g/mol. The van der Waals surface area contributed by atoms with E-state index in [1.165, 1.54) is 19.2 Å². The number of hydrogen-bond acceptors (Lipinski definition) is 3. The van der Waals surface area contributed by atoms with Gasteiger partial charge in [0.05, 0.1) is 22.2 Å². The van der Waals surface area contributed by atoms with Gasteiger partial charge in [-0.3, -0.25) is 9.10 Å². The smallest absolute Gasteiger partial charge is 0.264 e. The number of sulfonamides is 1. The van der Waals surface area contributed by atoms with Gasteiger partial charge in [0.2, 0.25) is 0 Å². The first-order valence-electron chi connectivity index (χ1n) is 9.31. The molecule has 0 aliphatic rings. The number of amides is 1. The van der Waals surface area contributed by atoms with Gasteiger partial charge in [-0.05, 0) is 43.7 Å². The number of aryl methyl sites for hydroxylation is 1. The van der Waals surface area contributed by atoms with Gasteiger partial charge in [0.25, 0.3) is 15.9 Å². The summed E-state index contributed by atoms with van der Waals surface area (Å²) in [6.07, 6.45) is 0. The van der Waals surface area contributed by atoms with Crippen molar-refractivity contribution in [1.29, 1.82) is 0 Å². The zero-order valence-corrected chi connectivity index (χ0v) is 17.5. The Balaban J connectivity index is 1.88. The molecule has 1 amide bonds. The molecule has 0 radical (unpaired) electrons. The SMILES string of the molecule is Cc1ccc([C@@H](C)NC(=O)c2ccccc2N(C)S(=O)(=O)c2ccccc2)cc1. The number of carbonyl (C=O) groups excluding carboxylic acids is 1. The standard InChI is InChI=1S/C23H24N2O3S/c1-17-13-15-19(16-14-17)18(2)24-23(26)21-11-7-8-12-22(21)25(3)29(27,28)20-9-5-4-6-10-20/h4-16,18H,1-3H3,(H,24,26)/t18-/m1/s1. The summed E-state index contributed by atoms with van der Waals surface area (Å²) in [4.78, 5) is 13.1. The van der Waals surface area contributed by atoms with Crippen LogP contribution in [0.5, 0.6) is 0 Å². The second kappa shape index (κ2) is 8.49. The van der Waals surface area contributed by atoms with Crippen molar-refractivity contribution in [2.24, 2.45) is 0 Å². The molecule has 5 nitrogen and oxygen atoms in total. The molecule has 0 bridgehead atoms. The average Bonchev–Trinajstić information content (AvgIpc) is 2.74. The van der Waals surface area contributed by atoms with Crippen LogP contribution in [0.1, 0.15) is 34.5 Å². The van der Waals surface area contributed by atoms with Crippen LogP contribution in [0.3, 0.4) is 0 Å². The maximum atomic E-state index is 13.0. The summed E-state index contributed by atoms with van der Waals surface area (Å²) >= 11 is 0. The number of rotatable bonds is 6. The van der Waals surface area contributed by atoms with Gasteiger partial charge in [0, 0.05) is 7.05 Å². The van der Waals surface area contributed by atoms with Gasteiger partial charge < -0.3 is 5.32 Å². The quantitative estimate of drug-likeness (QED) is 0.661. The van der Waals surface area contributed by atoms with Crippen LogP contribution < -0.4 is 9.62 Å². The van der Waals surface area contributed by atoms with Gasteiger partial charge in [-0.1, -0.05) is 60.2 Å². The lowest BCUT2D eigenvalue weighted by molar-refractivity contribution is 0.0940. The minimum absolute atomic E-state index is 0.172. The highest BCUT2D eigenvalue weighted by Crippen LogP contribution is 2.26. The van der Waals surface area contributed by atoms with Crippen LogP contribution in [-0.4, -0.2) is 21.4 Å². The van der Waals surface area contributed by atoms with Gasteiger partial charge in [0.15, 0.2) is 0 Å². The zero-order valence-electron chi connectivity index (χ0n) is 16.7. The minimum atomic E-state index is -3.78. The molecule has 150 valence electrons. The van der Waals surface area contributed by atoms with Gasteiger partial charge in [0.1, 0.15) is 0 Å². The summed E-state index contributed by atoms with van der Waals surface area (Å²) in [5.41, 5.74) is 2.75. The first-order valence-corrected chi connectivity index (χ1v) is 10.7. The van der Waals surface area contributed by atoms with Crippen LogP contribution in [0.2, 0.25) is 0 Å². The molecule has 3 aromatic rings. The van der Waals surface area contributed by atoms with Crippen LogP contribution in [0.25, 0.3) is 0 Å². The van der Waals surface area contributed by atoms with Crippen molar-refractivity contribution in [2.75, 3.05) is 11.4 Å². The molecule has 0 aliphatic heterocycles. The molecule has 0 aromatic heterocycles. The van der Waals surface area contributed by atoms with Crippen molar-refractivity contribution in [2.45, 2.75) is 24.8 Å². The number of anilines is 1. The Bertz CT molecular complexity index is 1090. The van der Waals surface area contributed by atoms with Gasteiger partial charge in [-0.25, -0.2) is 8.42 Å². The number of hydrogen-bond donors (Lipinski definition) is 1. The highest BCUT2D eigenvalue weighted by Gasteiger charge is 2.25. The van der Waals surface area contributed by atoms with E-state index in [-0.39, 0.29) is 16.8 Å². The largest absolute Gasteiger partial charge is 0.345 e. The van der Waals surface area contributed by atoms with Crippen molar-refractivity contribution in [3.8, 4) is 0 Å². The van der Waals surface area contributed by atoms with Crippen LogP contribution in [-0.2, 0) is 10.0 Å². The number of nitrogens with one attached hydrogen (secondary N) is 1. The molecule has 0 fully saturated rings. The summed E-state index contributed by atoms with van der Waals surface area (Å²) < 4.78 is 27.1. The van der Waals surface area contributed by atoms with Crippen LogP contribution >= 0.6 is 0 Å². The van der Waals surface area contributed by atoms with E-state index in [2.05, 4.69) is 5.32 Å². The third kappa shape index (κ3) is 4.49. The lowest BCUT2D eigenvalue weighted by Crippen LogP contribution is -2.31. The fourth-order valence-electron chi connectivity index (χ4n) is 3.03. The van der Waals surface area contributed by atoms with E-state index in [1.54, 1.807) is 42.5 Å². The lowest BCUT2D eigenvalue weighted by atomic mass is 10.1. The fraction of sp³-hybridized carbons (Fsp3) is 0.174. The summed E-state index contributed by atoms with van der Waals surface area (Å²) in [5.74, 6) is -0.330. The zero-order chi connectivity index (χ0) is 21.0. The summed E-state index contributed by atoms with van der Waals surface area (Å²) in [6, 6.07) is 22.6. The second-order valence-electron chi connectivity index (χ2n) is 6.91. The van der Waals surface area contributed by atoms with E-state index in [9.17, 15) is 13.2 Å². The predicted molar refractivity (Wildman–Crippen MR) is 116 cm³/mol. The predicted octanol–water partition coefficient (Wildman–Crippen LogP) is 4.31. The Labute approximate surface area is 172 Å². The highest BCUT2D eigenvalue weighted by atomic mass is 32.2. The monoisotopic (exact) mass is 408 g/mol. The van der Waals surface area contributed by atoms with Crippen LogP contribution in [0, 0.1) is 6.92 Å². The number of carbonyl (C=O) groups is 1. The van der Waals surface area contributed by atoms with E-state index in [1.807, 2.05) is 38.1 Å². The number of nitrogens with zero attached hydrogens (tertiary/aromatic N) is 1. The first-order chi connectivity index (χ1) is 13.8. The maximum Gasteiger partial charge on any atom is 0.264 e. The topological polar surface area (TPSA) is 66.5 Å². The highest BCUT2D eigenvalue weighted by molar-refractivity contribution is 7.92. The van der Waals surface area contributed by atoms with E-state index < -0.39 is 10.0 Å². The Morgan fingerprint density at radius 1 is 0.897 bits per heavy atom. The van der Waals surface area contributed by atoms with Gasteiger partial charge in [-0.15, -0.1) is 0 Å². The molecule has 1 N–H and O–H groups in total. The van der Waals surface area contributed by atoms with Crippen molar-refractivity contribution in [1.82, 2.24) is 5.32 Å². The molecule has 3 aromatic carbocycles. The Hall–Kier alpha value is -3.12. The van der Waals surface area contributed by atoms with Crippen molar-refractivity contribution < 1.29 is 13.2 Å². The molecule has 0 unspecified atom stereocenters. The molecule has 1 atom stereocenters. The number of benzene rings is 3. The van der Waals surface area contributed by atoms with E-state index in [0.717, 1.165) is 15.4 Å². The third-order valence-electron chi connectivity index (χ3n) is 4.81. The van der Waals surface area contributed by atoms with E-state index >= 15 is 0 Å². The molecule has 0 saturated carbocycles. The number of para-hydroxylation sites is 1. The second-order valence-corrected chi connectivity index (χ2v) is 8.88. The third-order valence-corrected chi connectivity index (χ3v) is 6.60. The lowest BCUT2D eigenvalue weighted by Gasteiger charge is -2.23. The Kier molecular flexibility index (Phi) is 6.03. The van der Waals surface area contributed by atoms with Gasteiger partial charge in [-0.2, -0.15) is 0 Å². The molecule has 3 rings (SSSR count). The van der Waals surface area contributed by atoms with Gasteiger partial charge >= 0.3 is 0 Å². The van der Waals surface area contributed by atoms with Crippen molar-refractivity contribution in [3.05, 3.63) is 95.6 Å². The molecule has 0 saturated heterocycles. The van der Waals surface area contributed by atoms with Crippen molar-refractivity contribution >= 4 is 21.6 Å². The minimum Gasteiger partial charge on any atom is -0.345 e. The summed E-state index contributed by atoms with van der Waals surface area (Å²) in [6.45, 7) is 3.90. The van der Waals surface area contributed by atoms with Crippen LogP contribution in [0.4, 0.5) is 5.69 Å². The molecular weight excluding hydrogens is 384 g/mol. The van der Waals surface area contributed by atoms with E-state index in [4.69, 9.17) is 0 Å².